The van der Waals surface area contributed by atoms with Gasteiger partial charge in [-0.2, -0.15) is 0 Å². The van der Waals surface area contributed by atoms with Crippen molar-refractivity contribution in [3.8, 4) is 0 Å². The first-order valence-corrected chi connectivity index (χ1v) is 10.4. The fraction of sp³-hybridized carbons (Fsp3) is 0.429. The van der Waals surface area contributed by atoms with E-state index >= 15 is 0 Å². The molecule has 1 fully saturated rings. The van der Waals surface area contributed by atoms with Crippen molar-refractivity contribution < 1.29 is 4.79 Å². The van der Waals surface area contributed by atoms with Gasteiger partial charge in [0.15, 0.2) is 0 Å². The van der Waals surface area contributed by atoms with Crippen LogP contribution in [-0.2, 0) is 11.3 Å². The number of nitrogens with zero attached hydrogens (tertiary/aromatic N) is 1. The third-order valence-electron chi connectivity index (χ3n) is 5.05. The molecule has 0 bridgehead atoms. The van der Waals surface area contributed by atoms with Gasteiger partial charge in [0.1, 0.15) is 6.04 Å². The number of hydrogen-bond acceptors (Lipinski definition) is 4. The molecule has 1 unspecified atom stereocenters. The van der Waals surface area contributed by atoms with Crippen molar-refractivity contribution in [2.45, 2.75) is 31.8 Å². The first-order chi connectivity index (χ1) is 13.2. The highest BCUT2D eigenvalue weighted by atomic mass is 79.9. The van der Waals surface area contributed by atoms with Crippen LogP contribution in [0, 0.1) is 5.92 Å². The number of amides is 1. The van der Waals surface area contributed by atoms with E-state index in [0.717, 1.165) is 47.6 Å². The minimum atomic E-state index is -0.371. The lowest BCUT2D eigenvalue weighted by Gasteiger charge is -2.25. The van der Waals surface area contributed by atoms with Crippen LogP contribution in [-0.4, -0.2) is 30.5 Å². The van der Waals surface area contributed by atoms with E-state index in [1.54, 1.807) is 12.4 Å². The molecule has 0 spiro atoms. The van der Waals surface area contributed by atoms with Gasteiger partial charge in [-0.1, -0.05) is 34.1 Å². The minimum absolute atomic E-state index is 0.0102. The van der Waals surface area contributed by atoms with Crippen molar-refractivity contribution in [3.63, 3.8) is 0 Å². The fourth-order valence-electron chi connectivity index (χ4n) is 3.45. The number of aromatic nitrogens is 1. The van der Waals surface area contributed by atoms with E-state index in [1.165, 1.54) is 12.8 Å². The molecule has 27 heavy (non-hydrogen) atoms. The minimum Gasteiger partial charge on any atom is -0.350 e. The second-order valence-electron chi connectivity index (χ2n) is 6.96. The molecule has 0 saturated carbocycles. The second-order valence-corrected chi connectivity index (χ2v) is 7.82. The lowest BCUT2D eigenvalue weighted by atomic mass is 9.94. The van der Waals surface area contributed by atoms with Crippen molar-refractivity contribution >= 4 is 21.8 Å². The number of halogens is 1. The normalized spacial score (nSPS) is 16.0. The zero-order chi connectivity index (χ0) is 18.9. The number of carbonyl (C=O) groups is 1. The second kappa shape index (κ2) is 10.5. The van der Waals surface area contributed by atoms with Gasteiger partial charge in [-0.05, 0) is 74.1 Å². The molecule has 6 heteroatoms. The van der Waals surface area contributed by atoms with Crippen LogP contribution in [0.5, 0.6) is 0 Å². The average molecular weight is 431 g/mol. The largest absolute Gasteiger partial charge is 0.350 e. The van der Waals surface area contributed by atoms with Gasteiger partial charge in [0, 0.05) is 23.4 Å². The smallest absolute Gasteiger partial charge is 0.242 e. The molecule has 1 aliphatic heterocycles. The maximum absolute atomic E-state index is 12.9. The number of carbonyl (C=O) groups excluding carboxylic acids is 1. The Labute approximate surface area is 169 Å². The molecule has 3 N–H and O–H groups in total. The molecule has 2 heterocycles. The van der Waals surface area contributed by atoms with Crippen LogP contribution in [0.15, 0.2) is 53.3 Å². The molecule has 0 aliphatic carbocycles. The lowest BCUT2D eigenvalue weighted by molar-refractivity contribution is -0.123. The van der Waals surface area contributed by atoms with Gasteiger partial charge >= 0.3 is 0 Å². The molecule has 5 nitrogen and oxygen atoms in total. The molecular formula is C21H27BrN4O. The molecule has 1 saturated heterocycles. The fourth-order valence-corrected chi connectivity index (χ4v) is 3.96. The zero-order valence-electron chi connectivity index (χ0n) is 15.5. The van der Waals surface area contributed by atoms with Crippen LogP contribution in [0.1, 0.15) is 36.4 Å². The van der Waals surface area contributed by atoms with E-state index in [-0.39, 0.29) is 11.9 Å². The highest BCUT2D eigenvalue weighted by Gasteiger charge is 2.22. The maximum atomic E-state index is 12.9. The summed E-state index contributed by atoms with van der Waals surface area (Å²) < 4.78 is 0.948. The Morgan fingerprint density at radius 3 is 2.67 bits per heavy atom. The molecule has 1 amide bonds. The van der Waals surface area contributed by atoms with Crippen LogP contribution >= 0.6 is 15.9 Å². The third kappa shape index (κ3) is 6.13. The molecule has 1 aromatic carbocycles. The Bertz CT molecular complexity index is 719. The first-order valence-electron chi connectivity index (χ1n) is 9.59. The quantitative estimate of drug-likeness (QED) is 0.601. The van der Waals surface area contributed by atoms with E-state index in [0.29, 0.717) is 6.54 Å². The van der Waals surface area contributed by atoms with Gasteiger partial charge in [0.25, 0.3) is 0 Å². The number of pyridine rings is 1. The van der Waals surface area contributed by atoms with Gasteiger partial charge in [0.05, 0.1) is 0 Å². The van der Waals surface area contributed by atoms with Crippen LogP contribution in [0.25, 0.3) is 0 Å². The van der Waals surface area contributed by atoms with Crippen molar-refractivity contribution in [2.75, 3.05) is 19.6 Å². The van der Waals surface area contributed by atoms with Crippen LogP contribution in [0.3, 0.4) is 0 Å². The number of rotatable bonds is 8. The summed E-state index contributed by atoms with van der Waals surface area (Å²) in [6.07, 6.45) is 7.01. The molecular weight excluding hydrogens is 404 g/mol. The van der Waals surface area contributed by atoms with Crippen molar-refractivity contribution in [1.82, 2.24) is 20.9 Å². The number of hydrogen-bond donors (Lipinski definition) is 3. The summed E-state index contributed by atoms with van der Waals surface area (Å²) in [6, 6.07) is 11.4. The number of piperidine rings is 1. The summed E-state index contributed by atoms with van der Waals surface area (Å²) in [5.74, 6) is 0.725. The summed E-state index contributed by atoms with van der Waals surface area (Å²) in [4.78, 5) is 16.9. The molecule has 0 radical (unpaired) electrons. The highest BCUT2D eigenvalue weighted by molar-refractivity contribution is 9.10. The molecule has 2 aromatic rings. The highest BCUT2D eigenvalue weighted by Crippen LogP contribution is 2.24. The van der Waals surface area contributed by atoms with Gasteiger partial charge < -0.3 is 16.0 Å². The summed E-state index contributed by atoms with van der Waals surface area (Å²) in [7, 11) is 0. The van der Waals surface area contributed by atoms with E-state index in [2.05, 4.69) is 36.9 Å². The predicted molar refractivity (Wildman–Crippen MR) is 111 cm³/mol. The number of nitrogens with one attached hydrogen (secondary N) is 3. The van der Waals surface area contributed by atoms with E-state index in [9.17, 15) is 4.79 Å². The Balaban J connectivity index is 1.61. The monoisotopic (exact) mass is 430 g/mol. The van der Waals surface area contributed by atoms with Gasteiger partial charge in [-0.25, -0.2) is 0 Å². The summed E-state index contributed by atoms with van der Waals surface area (Å²) >= 11 is 3.59. The lowest BCUT2D eigenvalue weighted by Crippen LogP contribution is -2.38. The predicted octanol–water partition coefficient (Wildman–Crippen LogP) is 3.18. The van der Waals surface area contributed by atoms with Gasteiger partial charge in [-0.3, -0.25) is 9.78 Å². The third-order valence-corrected chi connectivity index (χ3v) is 5.78. The molecule has 144 valence electrons. The van der Waals surface area contributed by atoms with Crippen LogP contribution in [0.2, 0.25) is 0 Å². The molecule has 3 rings (SSSR count). The van der Waals surface area contributed by atoms with Crippen LogP contribution in [0.4, 0.5) is 0 Å². The SMILES string of the molecule is O=C(NCc1ccncc1)C(NCCC1CCNCC1)c1ccccc1Br. The summed E-state index contributed by atoms with van der Waals surface area (Å²) in [5.41, 5.74) is 2.01. The topological polar surface area (TPSA) is 66.0 Å². The Morgan fingerprint density at radius 2 is 1.93 bits per heavy atom. The maximum Gasteiger partial charge on any atom is 0.242 e. The van der Waals surface area contributed by atoms with Gasteiger partial charge in [0.2, 0.25) is 5.91 Å². The van der Waals surface area contributed by atoms with E-state index in [4.69, 9.17) is 0 Å². The Morgan fingerprint density at radius 1 is 1.19 bits per heavy atom. The summed E-state index contributed by atoms with van der Waals surface area (Å²) in [5, 5.41) is 9.94. The van der Waals surface area contributed by atoms with Crippen molar-refractivity contribution in [3.05, 3.63) is 64.4 Å². The summed E-state index contributed by atoms with van der Waals surface area (Å²) in [6.45, 7) is 3.53. The van der Waals surface area contributed by atoms with Crippen molar-refractivity contribution in [1.29, 1.82) is 0 Å². The van der Waals surface area contributed by atoms with E-state index < -0.39 is 0 Å². The molecule has 1 atom stereocenters. The number of benzene rings is 1. The Hall–Kier alpha value is -1.76. The Kier molecular flexibility index (Phi) is 7.80. The van der Waals surface area contributed by atoms with Crippen LogP contribution < -0.4 is 16.0 Å². The van der Waals surface area contributed by atoms with E-state index in [1.807, 2.05) is 36.4 Å². The van der Waals surface area contributed by atoms with Crippen molar-refractivity contribution in [2.24, 2.45) is 5.92 Å². The molecule has 1 aliphatic rings. The standard InChI is InChI=1S/C21H27BrN4O/c22-19-4-2-1-3-18(19)20(25-14-9-16-5-10-23-11-6-16)21(27)26-15-17-7-12-24-13-8-17/h1-4,7-8,12-13,16,20,23,25H,5-6,9-11,14-15H2,(H,26,27). The first kappa shape index (κ1) is 20.0. The average Bonchev–Trinajstić information content (AvgIpc) is 2.72. The molecule has 1 aromatic heterocycles. The zero-order valence-corrected chi connectivity index (χ0v) is 17.0. The van der Waals surface area contributed by atoms with Gasteiger partial charge in [-0.15, -0.1) is 0 Å².